The van der Waals surface area contributed by atoms with Gasteiger partial charge in [-0.1, -0.05) is 30.3 Å². The normalized spacial score (nSPS) is 10.4. The van der Waals surface area contributed by atoms with Crippen molar-refractivity contribution in [3.8, 4) is 22.6 Å². The van der Waals surface area contributed by atoms with Crippen molar-refractivity contribution in [1.82, 2.24) is 5.32 Å². The highest BCUT2D eigenvalue weighted by atomic mass is 16.5. The molecule has 0 aromatic heterocycles. The molecule has 0 fully saturated rings. The maximum Gasteiger partial charge on any atom is 0.127 e. The SMILES string of the molecule is CNCCCOc1ccccc1-c1ccc(O)cc1. The summed E-state index contributed by atoms with van der Waals surface area (Å²) < 4.78 is 5.82. The highest BCUT2D eigenvalue weighted by Crippen LogP contribution is 2.30. The second-order valence-corrected chi connectivity index (χ2v) is 4.35. The van der Waals surface area contributed by atoms with Crippen LogP contribution in [0.15, 0.2) is 48.5 Å². The number of rotatable bonds is 6. The van der Waals surface area contributed by atoms with E-state index >= 15 is 0 Å². The van der Waals surface area contributed by atoms with Crippen LogP contribution in [0.25, 0.3) is 11.1 Å². The van der Waals surface area contributed by atoms with Crippen LogP contribution in [0.4, 0.5) is 0 Å². The Labute approximate surface area is 113 Å². The summed E-state index contributed by atoms with van der Waals surface area (Å²) in [4.78, 5) is 0. The van der Waals surface area contributed by atoms with Gasteiger partial charge in [-0.2, -0.15) is 0 Å². The average molecular weight is 257 g/mol. The molecule has 3 nitrogen and oxygen atoms in total. The van der Waals surface area contributed by atoms with Crippen LogP contribution in [0.1, 0.15) is 6.42 Å². The van der Waals surface area contributed by atoms with Crippen LogP contribution in [-0.4, -0.2) is 25.3 Å². The van der Waals surface area contributed by atoms with Gasteiger partial charge in [0.05, 0.1) is 6.61 Å². The van der Waals surface area contributed by atoms with Gasteiger partial charge in [0.2, 0.25) is 0 Å². The van der Waals surface area contributed by atoms with E-state index in [1.54, 1.807) is 12.1 Å². The Morgan fingerprint density at radius 3 is 2.53 bits per heavy atom. The molecular weight excluding hydrogens is 238 g/mol. The van der Waals surface area contributed by atoms with Crippen molar-refractivity contribution in [2.45, 2.75) is 6.42 Å². The van der Waals surface area contributed by atoms with E-state index in [2.05, 4.69) is 5.32 Å². The van der Waals surface area contributed by atoms with Gasteiger partial charge in [0, 0.05) is 5.56 Å². The van der Waals surface area contributed by atoms with Gasteiger partial charge in [-0.3, -0.25) is 0 Å². The van der Waals surface area contributed by atoms with E-state index in [1.165, 1.54) is 0 Å². The first-order valence-corrected chi connectivity index (χ1v) is 6.47. The van der Waals surface area contributed by atoms with Gasteiger partial charge >= 0.3 is 0 Å². The highest BCUT2D eigenvalue weighted by Gasteiger charge is 2.05. The van der Waals surface area contributed by atoms with Crippen molar-refractivity contribution in [3.05, 3.63) is 48.5 Å². The third-order valence-electron chi connectivity index (χ3n) is 2.89. The molecular formula is C16H19NO2. The van der Waals surface area contributed by atoms with E-state index in [1.807, 2.05) is 43.4 Å². The van der Waals surface area contributed by atoms with E-state index in [0.717, 1.165) is 29.8 Å². The molecule has 2 N–H and O–H groups in total. The maximum absolute atomic E-state index is 9.34. The Balaban J connectivity index is 2.14. The minimum atomic E-state index is 0.274. The number of nitrogens with one attached hydrogen (secondary N) is 1. The standard InChI is InChI=1S/C16H19NO2/c1-17-11-4-12-19-16-6-3-2-5-15(16)13-7-9-14(18)10-8-13/h2-3,5-10,17-18H,4,11-12H2,1H3. The Bertz CT molecular complexity index is 508. The molecule has 0 radical (unpaired) electrons. The molecule has 0 unspecified atom stereocenters. The van der Waals surface area contributed by atoms with E-state index < -0.39 is 0 Å². The summed E-state index contributed by atoms with van der Waals surface area (Å²) in [5.74, 6) is 1.15. The van der Waals surface area contributed by atoms with Crippen molar-refractivity contribution in [2.24, 2.45) is 0 Å². The second kappa shape index (κ2) is 6.81. The Morgan fingerprint density at radius 1 is 1.05 bits per heavy atom. The lowest BCUT2D eigenvalue weighted by molar-refractivity contribution is 0.311. The summed E-state index contributed by atoms with van der Waals surface area (Å²) in [6, 6.07) is 15.1. The Hall–Kier alpha value is -2.00. The van der Waals surface area contributed by atoms with Crippen LogP contribution in [-0.2, 0) is 0 Å². The molecule has 19 heavy (non-hydrogen) atoms. The fourth-order valence-corrected chi connectivity index (χ4v) is 1.90. The third-order valence-corrected chi connectivity index (χ3v) is 2.89. The van der Waals surface area contributed by atoms with Crippen LogP contribution in [0, 0.1) is 0 Å². The van der Waals surface area contributed by atoms with Gasteiger partial charge in [0.15, 0.2) is 0 Å². The number of aromatic hydroxyl groups is 1. The van der Waals surface area contributed by atoms with Crippen LogP contribution in [0.5, 0.6) is 11.5 Å². The van der Waals surface area contributed by atoms with Crippen LogP contribution >= 0.6 is 0 Å². The lowest BCUT2D eigenvalue weighted by atomic mass is 10.0. The average Bonchev–Trinajstić information content (AvgIpc) is 2.45. The number of ether oxygens (including phenoxy) is 1. The topological polar surface area (TPSA) is 41.5 Å². The summed E-state index contributed by atoms with van der Waals surface area (Å²) in [6.07, 6.45) is 0.973. The molecule has 100 valence electrons. The first-order valence-electron chi connectivity index (χ1n) is 6.47. The van der Waals surface area contributed by atoms with Gasteiger partial charge in [-0.15, -0.1) is 0 Å². The zero-order valence-electron chi connectivity index (χ0n) is 11.1. The monoisotopic (exact) mass is 257 g/mol. The number of hydrogen-bond donors (Lipinski definition) is 2. The fourth-order valence-electron chi connectivity index (χ4n) is 1.90. The summed E-state index contributed by atoms with van der Waals surface area (Å²) >= 11 is 0. The van der Waals surface area contributed by atoms with Crippen molar-refractivity contribution in [2.75, 3.05) is 20.2 Å². The highest BCUT2D eigenvalue weighted by molar-refractivity contribution is 5.70. The van der Waals surface area contributed by atoms with Crippen molar-refractivity contribution in [1.29, 1.82) is 0 Å². The minimum absolute atomic E-state index is 0.274. The molecule has 0 atom stereocenters. The lowest BCUT2D eigenvalue weighted by Gasteiger charge is -2.11. The number of phenolic OH excluding ortho intramolecular Hbond substituents is 1. The molecule has 0 amide bonds. The molecule has 0 aliphatic heterocycles. The first kappa shape index (κ1) is 13.4. The van der Waals surface area contributed by atoms with Gasteiger partial charge < -0.3 is 15.2 Å². The predicted octanol–water partition coefficient (Wildman–Crippen LogP) is 3.05. The number of para-hydroxylation sites is 1. The van der Waals surface area contributed by atoms with E-state index in [9.17, 15) is 5.11 Å². The predicted molar refractivity (Wildman–Crippen MR) is 77.6 cm³/mol. The van der Waals surface area contributed by atoms with Crippen LogP contribution in [0.2, 0.25) is 0 Å². The van der Waals surface area contributed by atoms with E-state index in [4.69, 9.17) is 4.74 Å². The molecule has 0 spiro atoms. The lowest BCUT2D eigenvalue weighted by Crippen LogP contribution is -2.11. The molecule has 3 heteroatoms. The van der Waals surface area contributed by atoms with E-state index in [0.29, 0.717) is 6.61 Å². The first-order chi connectivity index (χ1) is 9.31. The smallest absolute Gasteiger partial charge is 0.127 e. The van der Waals surface area contributed by atoms with E-state index in [-0.39, 0.29) is 5.75 Å². The minimum Gasteiger partial charge on any atom is -0.508 e. The molecule has 0 aliphatic carbocycles. The molecule has 2 aromatic rings. The molecule has 0 heterocycles. The van der Waals surface area contributed by atoms with Gasteiger partial charge in [-0.25, -0.2) is 0 Å². The van der Waals surface area contributed by atoms with Crippen molar-refractivity contribution < 1.29 is 9.84 Å². The molecule has 0 saturated carbocycles. The van der Waals surface area contributed by atoms with Crippen molar-refractivity contribution in [3.63, 3.8) is 0 Å². The number of hydrogen-bond acceptors (Lipinski definition) is 3. The fraction of sp³-hybridized carbons (Fsp3) is 0.250. The van der Waals surface area contributed by atoms with Crippen molar-refractivity contribution >= 4 is 0 Å². The van der Waals surface area contributed by atoms with Gasteiger partial charge in [0.25, 0.3) is 0 Å². The zero-order chi connectivity index (χ0) is 13.5. The Morgan fingerprint density at radius 2 is 1.79 bits per heavy atom. The Kier molecular flexibility index (Phi) is 4.81. The summed E-state index contributed by atoms with van der Waals surface area (Å²) in [6.45, 7) is 1.64. The molecule has 0 aliphatic rings. The summed E-state index contributed by atoms with van der Waals surface area (Å²) in [5.41, 5.74) is 2.09. The second-order valence-electron chi connectivity index (χ2n) is 4.35. The molecule has 2 rings (SSSR count). The third kappa shape index (κ3) is 3.73. The van der Waals surface area contributed by atoms with Crippen LogP contribution in [0.3, 0.4) is 0 Å². The van der Waals surface area contributed by atoms with Gasteiger partial charge in [0.1, 0.15) is 11.5 Å². The molecule has 0 saturated heterocycles. The quantitative estimate of drug-likeness (QED) is 0.781. The summed E-state index contributed by atoms with van der Waals surface area (Å²) in [5, 5.41) is 12.4. The number of benzene rings is 2. The number of phenols is 1. The molecule has 0 bridgehead atoms. The molecule has 2 aromatic carbocycles. The summed E-state index contributed by atoms with van der Waals surface area (Å²) in [7, 11) is 1.93. The maximum atomic E-state index is 9.34. The van der Waals surface area contributed by atoms with Gasteiger partial charge in [-0.05, 0) is 43.8 Å². The zero-order valence-corrected chi connectivity index (χ0v) is 11.1. The van der Waals surface area contributed by atoms with Crippen LogP contribution < -0.4 is 10.1 Å². The largest absolute Gasteiger partial charge is 0.508 e.